The van der Waals surface area contributed by atoms with E-state index in [1.165, 1.54) is 0 Å². The Bertz CT molecular complexity index is 74.9. The Kier molecular flexibility index (Phi) is 1.84. The predicted molar refractivity (Wildman–Crippen MR) is 31.3 cm³/mol. The van der Waals surface area contributed by atoms with Crippen LogP contribution in [0.3, 0.4) is 0 Å². The quantitative estimate of drug-likeness (QED) is 0.546. The van der Waals surface area contributed by atoms with Gasteiger partial charge in [-0.15, -0.1) is 0 Å². The molecule has 0 amide bonds. The number of rotatable bonds is 1. The fourth-order valence-corrected chi connectivity index (χ4v) is 1.26. The Morgan fingerprint density at radius 2 is 2.25 bits per heavy atom. The van der Waals surface area contributed by atoms with Gasteiger partial charge in [-0.05, 0) is 19.4 Å². The Morgan fingerprint density at radius 1 is 1.50 bits per heavy atom. The van der Waals surface area contributed by atoms with Gasteiger partial charge in [-0.1, -0.05) is 6.42 Å². The molecular formula is C6H12FN. The van der Waals surface area contributed by atoms with Crippen molar-refractivity contribution in [2.45, 2.75) is 25.4 Å². The maximum atomic E-state index is 12.5. The van der Waals surface area contributed by atoms with E-state index in [0.29, 0.717) is 6.54 Å². The second kappa shape index (κ2) is 2.44. The highest BCUT2D eigenvalue weighted by Gasteiger charge is 2.24. The van der Waals surface area contributed by atoms with E-state index in [1.807, 2.05) is 0 Å². The Morgan fingerprint density at radius 3 is 2.50 bits per heavy atom. The predicted octanol–water partition coefficient (Wildman–Crippen LogP) is 1.08. The van der Waals surface area contributed by atoms with Crippen molar-refractivity contribution >= 4 is 0 Å². The maximum Gasteiger partial charge on any atom is 0.104 e. The van der Waals surface area contributed by atoms with Gasteiger partial charge in [0.15, 0.2) is 0 Å². The van der Waals surface area contributed by atoms with E-state index < -0.39 is 6.17 Å². The average Bonchev–Trinajstić information content (AvgIpc) is 2.14. The van der Waals surface area contributed by atoms with Crippen molar-refractivity contribution in [1.29, 1.82) is 0 Å². The fourth-order valence-electron chi connectivity index (χ4n) is 1.26. The number of hydrogen-bond acceptors (Lipinski definition) is 1. The number of alkyl halides is 1. The monoisotopic (exact) mass is 117 g/mol. The Labute approximate surface area is 49.1 Å². The summed E-state index contributed by atoms with van der Waals surface area (Å²) < 4.78 is 12.5. The van der Waals surface area contributed by atoms with Crippen LogP contribution >= 0.6 is 0 Å². The lowest BCUT2D eigenvalue weighted by Crippen LogP contribution is -2.18. The molecule has 0 saturated heterocycles. The number of hydrogen-bond donors (Lipinski definition) is 1. The molecule has 2 N–H and O–H groups in total. The van der Waals surface area contributed by atoms with Gasteiger partial charge in [0.25, 0.3) is 0 Å². The molecule has 2 heteroatoms. The minimum atomic E-state index is -0.597. The molecule has 0 aromatic carbocycles. The van der Waals surface area contributed by atoms with Gasteiger partial charge in [-0.25, -0.2) is 4.39 Å². The molecule has 1 nitrogen and oxygen atoms in total. The minimum absolute atomic E-state index is 0.176. The third-order valence-electron chi connectivity index (χ3n) is 1.87. The van der Waals surface area contributed by atoms with Crippen LogP contribution in [-0.4, -0.2) is 12.7 Å². The van der Waals surface area contributed by atoms with E-state index in [9.17, 15) is 4.39 Å². The topological polar surface area (TPSA) is 26.0 Å². The third-order valence-corrected chi connectivity index (χ3v) is 1.87. The van der Waals surface area contributed by atoms with Gasteiger partial charge >= 0.3 is 0 Å². The summed E-state index contributed by atoms with van der Waals surface area (Å²) in [6.45, 7) is 0.529. The molecule has 0 aromatic heterocycles. The lowest BCUT2D eigenvalue weighted by atomic mass is 10.1. The minimum Gasteiger partial charge on any atom is -0.330 e. The molecule has 0 spiro atoms. The molecule has 8 heavy (non-hydrogen) atoms. The molecule has 1 rings (SSSR count). The van der Waals surface area contributed by atoms with Crippen LogP contribution in [0.1, 0.15) is 19.3 Å². The molecule has 0 bridgehead atoms. The van der Waals surface area contributed by atoms with E-state index >= 15 is 0 Å². The summed E-state index contributed by atoms with van der Waals surface area (Å²) in [7, 11) is 0. The SMILES string of the molecule is NC[C@@H]1CCC[C@@H]1F. The first-order valence-corrected chi connectivity index (χ1v) is 3.18. The van der Waals surface area contributed by atoms with Crippen molar-refractivity contribution in [3.8, 4) is 0 Å². The molecule has 0 aromatic rings. The molecule has 0 unspecified atom stereocenters. The standard InChI is InChI=1S/C6H12FN/c7-6-3-1-2-5(6)4-8/h5-6H,1-4,8H2/t5-,6-/m0/s1. The van der Waals surface area contributed by atoms with E-state index in [4.69, 9.17) is 5.73 Å². The van der Waals surface area contributed by atoms with Crippen LogP contribution < -0.4 is 5.73 Å². The summed E-state index contributed by atoms with van der Waals surface area (Å²) in [5.74, 6) is 0.176. The summed E-state index contributed by atoms with van der Waals surface area (Å²) in [5.41, 5.74) is 5.28. The van der Waals surface area contributed by atoms with Crippen LogP contribution in [0.15, 0.2) is 0 Å². The van der Waals surface area contributed by atoms with Crippen LogP contribution in [0.4, 0.5) is 4.39 Å². The van der Waals surface area contributed by atoms with Crippen molar-refractivity contribution in [1.82, 2.24) is 0 Å². The van der Waals surface area contributed by atoms with Crippen LogP contribution in [0.2, 0.25) is 0 Å². The van der Waals surface area contributed by atoms with Crippen LogP contribution in [0.25, 0.3) is 0 Å². The number of halogens is 1. The first kappa shape index (κ1) is 6.02. The summed E-state index contributed by atoms with van der Waals surface area (Å²) in [5, 5.41) is 0. The fraction of sp³-hybridized carbons (Fsp3) is 1.00. The highest BCUT2D eigenvalue weighted by molar-refractivity contribution is 4.76. The zero-order chi connectivity index (χ0) is 5.98. The smallest absolute Gasteiger partial charge is 0.104 e. The van der Waals surface area contributed by atoms with Gasteiger partial charge < -0.3 is 5.73 Å². The van der Waals surface area contributed by atoms with Gasteiger partial charge in [-0.3, -0.25) is 0 Å². The van der Waals surface area contributed by atoms with E-state index in [0.717, 1.165) is 19.3 Å². The molecule has 1 aliphatic rings. The lowest BCUT2D eigenvalue weighted by Gasteiger charge is -2.06. The lowest BCUT2D eigenvalue weighted by molar-refractivity contribution is 0.268. The molecular weight excluding hydrogens is 105 g/mol. The summed E-state index contributed by atoms with van der Waals surface area (Å²) in [6, 6.07) is 0. The normalized spacial score (nSPS) is 38.2. The van der Waals surface area contributed by atoms with Crippen LogP contribution in [0, 0.1) is 5.92 Å². The summed E-state index contributed by atoms with van der Waals surface area (Å²) in [4.78, 5) is 0. The van der Waals surface area contributed by atoms with Gasteiger partial charge in [-0.2, -0.15) is 0 Å². The second-order valence-corrected chi connectivity index (χ2v) is 2.44. The highest BCUT2D eigenvalue weighted by Crippen LogP contribution is 2.26. The first-order chi connectivity index (χ1) is 3.84. The molecule has 0 heterocycles. The molecule has 0 aliphatic heterocycles. The van der Waals surface area contributed by atoms with Gasteiger partial charge in [0.2, 0.25) is 0 Å². The zero-order valence-electron chi connectivity index (χ0n) is 4.94. The average molecular weight is 117 g/mol. The van der Waals surface area contributed by atoms with Gasteiger partial charge in [0.05, 0.1) is 0 Å². The second-order valence-electron chi connectivity index (χ2n) is 2.44. The van der Waals surface area contributed by atoms with Gasteiger partial charge in [0, 0.05) is 5.92 Å². The van der Waals surface area contributed by atoms with Gasteiger partial charge in [0.1, 0.15) is 6.17 Å². The molecule has 2 atom stereocenters. The van der Waals surface area contributed by atoms with Crippen molar-refractivity contribution in [2.75, 3.05) is 6.54 Å². The summed E-state index contributed by atoms with van der Waals surface area (Å²) in [6.07, 6.45) is 2.17. The number of nitrogens with two attached hydrogens (primary N) is 1. The van der Waals surface area contributed by atoms with E-state index in [1.54, 1.807) is 0 Å². The van der Waals surface area contributed by atoms with E-state index in [-0.39, 0.29) is 5.92 Å². The molecule has 1 saturated carbocycles. The van der Waals surface area contributed by atoms with Crippen molar-refractivity contribution in [3.63, 3.8) is 0 Å². The Balaban J connectivity index is 2.30. The van der Waals surface area contributed by atoms with Crippen molar-refractivity contribution in [2.24, 2.45) is 11.7 Å². The zero-order valence-corrected chi connectivity index (χ0v) is 4.94. The van der Waals surface area contributed by atoms with E-state index in [2.05, 4.69) is 0 Å². The summed E-state index contributed by atoms with van der Waals surface area (Å²) >= 11 is 0. The molecule has 48 valence electrons. The van der Waals surface area contributed by atoms with Crippen molar-refractivity contribution < 1.29 is 4.39 Å². The third kappa shape index (κ3) is 0.996. The molecule has 1 fully saturated rings. The van der Waals surface area contributed by atoms with Crippen LogP contribution in [0.5, 0.6) is 0 Å². The van der Waals surface area contributed by atoms with Crippen LogP contribution in [-0.2, 0) is 0 Å². The molecule has 1 aliphatic carbocycles. The van der Waals surface area contributed by atoms with Crippen molar-refractivity contribution in [3.05, 3.63) is 0 Å². The Hall–Kier alpha value is -0.110. The largest absolute Gasteiger partial charge is 0.330 e. The highest BCUT2D eigenvalue weighted by atomic mass is 19.1. The first-order valence-electron chi connectivity index (χ1n) is 3.18. The maximum absolute atomic E-state index is 12.5. The molecule has 0 radical (unpaired) electrons.